The number of nitrogens with two attached hydrogens (primary N) is 1. The summed E-state index contributed by atoms with van der Waals surface area (Å²) in [4.78, 5) is 30.6. The molecule has 1 amide bonds. The average Bonchev–Trinajstić information content (AvgIpc) is 2.70. The van der Waals surface area contributed by atoms with Gasteiger partial charge in [-0.25, -0.2) is 4.98 Å². The second kappa shape index (κ2) is 9.09. The molecule has 0 aliphatic carbocycles. The Labute approximate surface area is 166 Å². The smallest absolute Gasteiger partial charge is 0.253 e. The average molecular weight is 396 g/mol. The van der Waals surface area contributed by atoms with Crippen LogP contribution in [0.1, 0.15) is 17.2 Å². The van der Waals surface area contributed by atoms with Gasteiger partial charge in [-0.2, -0.15) is 0 Å². The predicted octanol–water partition coefficient (Wildman–Crippen LogP) is 2.36. The van der Waals surface area contributed by atoms with Crippen molar-refractivity contribution in [2.45, 2.75) is 11.2 Å². The van der Waals surface area contributed by atoms with Gasteiger partial charge in [-0.3, -0.25) is 9.59 Å². The third-order valence-electron chi connectivity index (χ3n) is 3.97. The van der Waals surface area contributed by atoms with Crippen LogP contribution in [-0.2, 0) is 4.79 Å². The van der Waals surface area contributed by atoms with Crippen LogP contribution < -0.4 is 21.3 Å². The molecule has 28 heavy (non-hydrogen) atoms. The molecule has 0 unspecified atom stereocenters. The van der Waals surface area contributed by atoms with E-state index in [9.17, 15) is 9.59 Å². The predicted molar refractivity (Wildman–Crippen MR) is 109 cm³/mol. The number of aromatic nitrogens is 2. The van der Waals surface area contributed by atoms with Crippen molar-refractivity contribution in [3.8, 4) is 5.75 Å². The van der Waals surface area contributed by atoms with E-state index in [1.54, 1.807) is 7.11 Å². The lowest BCUT2D eigenvalue weighted by atomic mass is 9.98. The third kappa shape index (κ3) is 5.14. The number of nitrogen functional groups attached to an aromatic ring is 1. The van der Waals surface area contributed by atoms with Crippen molar-refractivity contribution in [3.63, 3.8) is 0 Å². The zero-order chi connectivity index (χ0) is 19.9. The summed E-state index contributed by atoms with van der Waals surface area (Å²) in [7, 11) is 1.61. The molecule has 0 bridgehead atoms. The summed E-state index contributed by atoms with van der Waals surface area (Å²) in [5, 5.41) is 3.34. The number of nitrogens with zero attached hydrogens (tertiary/aromatic N) is 1. The number of carbonyl (C=O) groups is 1. The molecule has 0 saturated carbocycles. The van der Waals surface area contributed by atoms with Crippen molar-refractivity contribution in [3.05, 3.63) is 82.1 Å². The number of carbonyl (C=O) groups excluding carboxylic acids is 1. The second-order valence-corrected chi connectivity index (χ2v) is 6.91. The topological polar surface area (TPSA) is 110 Å². The van der Waals surface area contributed by atoms with Gasteiger partial charge in [-0.15, -0.1) is 0 Å². The Kier molecular flexibility index (Phi) is 6.33. The van der Waals surface area contributed by atoms with E-state index in [0.29, 0.717) is 5.16 Å². The van der Waals surface area contributed by atoms with E-state index in [1.807, 2.05) is 54.6 Å². The normalized spacial score (nSPS) is 11.6. The highest BCUT2D eigenvalue weighted by Crippen LogP contribution is 2.24. The van der Waals surface area contributed by atoms with Gasteiger partial charge in [-0.1, -0.05) is 54.2 Å². The highest BCUT2D eigenvalue weighted by atomic mass is 32.2. The van der Waals surface area contributed by atoms with Gasteiger partial charge in [-0.05, 0) is 23.3 Å². The first-order valence-corrected chi connectivity index (χ1v) is 9.51. The van der Waals surface area contributed by atoms with Gasteiger partial charge in [0.25, 0.3) is 5.56 Å². The SMILES string of the molecule is COc1ccc([C@@H](NC(=O)CSc2nc(N)cc(=O)[nH]2)c2ccccc2)cc1. The molecule has 2 aromatic carbocycles. The van der Waals surface area contributed by atoms with Crippen LogP contribution >= 0.6 is 11.8 Å². The lowest BCUT2D eigenvalue weighted by Crippen LogP contribution is -2.30. The van der Waals surface area contributed by atoms with E-state index in [2.05, 4.69) is 15.3 Å². The van der Waals surface area contributed by atoms with E-state index in [0.717, 1.165) is 28.6 Å². The van der Waals surface area contributed by atoms with Crippen LogP contribution in [-0.4, -0.2) is 28.7 Å². The number of ether oxygens (including phenoxy) is 1. The maximum atomic E-state index is 12.6. The standard InChI is InChI=1S/C20H20N4O3S/c1-27-15-9-7-14(8-10-15)19(13-5-3-2-4-6-13)23-18(26)12-28-20-22-16(21)11-17(25)24-20/h2-11,19H,12H2,1H3,(H,23,26)(H3,21,22,24,25)/t19-/m0/s1. The summed E-state index contributed by atoms with van der Waals surface area (Å²) >= 11 is 1.12. The zero-order valence-electron chi connectivity index (χ0n) is 15.2. The van der Waals surface area contributed by atoms with Crippen molar-refractivity contribution < 1.29 is 9.53 Å². The molecule has 1 heterocycles. The summed E-state index contributed by atoms with van der Waals surface area (Å²) in [5.41, 5.74) is 7.11. The molecule has 0 aliphatic heterocycles. The fourth-order valence-electron chi connectivity index (χ4n) is 2.66. The van der Waals surface area contributed by atoms with Crippen molar-refractivity contribution in [2.75, 3.05) is 18.6 Å². The number of methoxy groups -OCH3 is 1. The molecular weight excluding hydrogens is 376 g/mol. The van der Waals surface area contributed by atoms with E-state index >= 15 is 0 Å². The molecule has 0 spiro atoms. The molecule has 1 atom stereocenters. The summed E-state index contributed by atoms with van der Waals surface area (Å²) in [6.45, 7) is 0. The Morgan fingerprint density at radius 3 is 2.50 bits per heavy atom. The molecule has 0 aliphatic rings. The van der Waals surface area contributed by atoms with Crippen LogP contribution in [0.4, 0.5) is 5.82 Å². The van der Waals surface area contributed by atoms with E-state index in [-0.39, 0.29) is 29.1 Å². The quantitative estimate of drug-likeness (QED) is 0.418. The fraction of sp³-hybridized carbons (Fsp3) is 0.150. The highest BCUT2D eigenvalue weighted by molar-refractivity contribution is 7.99. The number of H-pyrrole nitrogens is 1. The van der Waals surface area contributed by atoms with Gasteiger partial charge < -0.3 is 20.8 Å². The fourth-order valence-corrected chi connectivity index (χ4v) is 3.35. The van der Waals surface area contributed by atoms with Gasteiger partial charge in [0, 0.05) is 6.07 Å². The molecule has 0 saturated heterocycles. The minimum Gasteiger partial charge on any atom is -0.497 e. The van der Waals surface area contributed by atoms with Crippen molar-refractivity contribution in [2.24, 2.45) is 0 Å². The minimum atomic E-state index is -0.351. The van der Waals surface area contributed by atoms with Crippen molar-refractivity contribution in [1.29, 1.82) is 0 Å². The molecule has 7 nitrogen and oxygen atoms in total. The molecule has 3 aromatic rings. The first kappa shape index (κ1) is 19.5. The van der Waals surface area contributed by atoms with Gasteiger partial charge in [0.05, 0.1) is 18.9 Å². The Bertz CT molecular complexity index is 990. The number of hydrogen-bond donors (Lipinski definition) is 3. The third-order valence-corrected chi connectivity index (χ3v) is 4.84. The number of thioether (sulfide) groups is 1. The van der Waals surface area contributed by atoms with Crippen LogP contribution in [0, 0.1) is 0 Å². The molecule has 0 radical (unpaired) electrons. The summed E-state index contributed by atoms with van der Waals surface area (Å²) < 4.78 is 5.21. The first-order valence-electron chi connectivity index (χ1n) is 8.53. The van der Waals surface area contributed by atoms with Crippen LogP contribution in [0.15, 0.2) is 70.6 Å². The number of benzene rings is 2. The van der Waals surface area contributed by atoms with Gasteiger partial charge in [0.15, 0.2) is 5.16 Å². The van der Waals surface area contributed by atoms with Gasteiger partial charge in [0.2, 0.25) is 5.91 Å². The number of hydrogen-bond acceptors (Lipinski definition) is 6. The second-order valence-electron chi connectivity index (χ2n) is 5.95. The minimum absolute atomic E-state index is 0.0892. The lowest BCUT2D eigenvalue weighted by Gasteiger charge is -2.20. The molecule has 1 aromatic heterocycles. The number of anilines is 1. The molecular formula is C20H20N4O3S. The van der Waals surface area contributed by atoms with Crippen LogP contribution in [0.5, 0.6) is 5.75 Å². The van der Waals surface area contributed by atoms with Gasteiger partial charge >= 0.3 is 0 Å². The first-order chi connectivity index (χ1) is 13.5. The number of aromatic amines is 1. The van der Waals surface area contributed by atoms with Crippen LogP contribution in [0.25, 0.3) is 0 Å². The largest absolute Gasteiger partial charge is 0.497 e. The highest BCUT2D eigenvalue weighted by Gasteiger charge is 2.17. The summed E-state index contributed by atoms with van der Waals surface area (Å²) in [6, 6.07) is 18.1. The monoisotopic (exact) mass is 396 g/mol. The van der Waals surface area contributed by atoms with Gasteiger partial charge in [0.1, 0.15) is 11.6 Å². The van der Waals surface area contributed by atoms with Crippen LogP contribution in [0.3, 0.4) is 0 Å². The van der Waals surface area contributed by atoms with Crippen molar-refractivity contribution in [1.82, 2.24) is 15.3 Å². The Balaban J connectivity index is 1.75. The number of nitrogens with one attached hydrogen (secondary N) is 2. The summed E-state index contributed by atoms with van der Waals surface area (Å²) in [6.07, 6.45) is 0. The number of amides is 1. The van der Waals surface area contributed by atoms with E-state index in [4.69, 9.17) is 10.5 Å². The zero-order valence-corrected chi connectivity index (χ0v) is 16.0. The molecule has 0 fully saturated rings. The number of rotatable bonds is 7. The molecule has 8 heteroatoms. The molecule has 4 N–H and O–H groups in total. The lowest BCUT2D eigenvalue weighted by molar-refractivity contribution is -0.119. The molecule has 144 valence electrons. The Morgan fingerprint density at radius 2 is 1.86 bits per heavy atom. The van der Waals surface area contributed by atoms with Crippen molar-refractivity contribution >= 4 is 23.5 Å². The molecule has 3 rings (SSSR count). The van der Waals surface area contributed by atoms with Crippen LogP contribution in [0.2, 0.25) is 0 Å². The Hall–Kier alpha value is -3.26. The maximum Gasteiger partial charge on any atom is 0.253 e. The Morgan fingerprint density at radius 1 is 1.18 bits per heavy atom. The summed E-state index contributed by atoms with van der Waals surface area (Å²) in [5.74, 6) is 0.757. The maximum absolute atomic E-state index is 12.6. The van der Waals surface area contributed by atoms with E-state index in [1.165, 1.54) is 6.07 Å². The van der Waals surface area contributed by atoms with E-state index < -0.39 is 0 Å².